The molecule has 0 spiro atoms. The molecule has 0 saturated carbocycles. The van der Waals surface area contributed by atoms with Gasteiger partial charge in [-0.2, -0.15) is 0 Å². The Kier molecular flexibility index (Phi) is 44.4. The van der Waals surface area contributed by atoms with Crippen LogP contribution in [0.3, 0.4) is 0 Å². The average molecular weight is 627 g/mol. The molecule has 0 aromatic heterocycles. The highest BCUT2D eigenvalue weighted by atomic mass is 16.3. The summed E-state index contributed by atoms with van der Waals surface area (Å²) in [6, 6.07) is 0. The minimum atomic E-state index is -0.178. The van der Waals surface area contributed by atoms with E-state index in [9.17, 15) is 19.8 Å². The second-order valence-electron chi connectivity index (χ2n) is 12.7. The smallest absolute Gasteiger partial charge is 0.217 e. The molecule has 2 amide bonds. The number of carbonyl (C=O) groups is 2. The molecular weight excluding hydrogens is 548 g/mol. The largest absolute Gasteiger partial charge is 0.393 e. The summed E-state index contributed by atoms with van der Waals surface area (Å²) in [6.07, 6.45) is 33.9. The van der Waals surface area contributed by atoms with E-state index in [1.807, 2.05) is 0 Å². The molecule has 0 bridgehead atoms. The Morgan fingerprint density at radius 2 is 0.636 bits per heavy atom. The maximum Gasteiger partial charge on any atom is 0.217 e. The van der Waals surface area contributed by atoms with Crippen LogP contribution in [0.25, 0.3) is 0 Å². The maximum absolute atomic E-state index is 10.6. The van der Waals surface area contributed by atoms with Crippen molar-refractivity contribution < 1.29 is 19.8 Å². The van der Waals surface area contributed by atoms with E-state index in [-0.39, 0.29) is 24.0 Å². The van der Waals surface area contributed by atoms with E-state index >= 15 is 0 Å². The number of nitrogens with two attached hydrogens (primary N) is 2. The number of unbranched alkanes of at least 4 members (excludes halogenated alkanes) is 20. The summed E-state index contributed by atoms with van der Waals surface area (Å²) in [5.74, 6) is -0.355. The first-order chi connectivity index (χ1) is 21.3. The van der Waals surface area contributed by atoms with Gasteiger partial charge in [0.05, 0.1) is 12.2 Å². The van der Waals surface area contributed by atoms with E-state index in [4.69, 9.17) is 11.5 Å². The summed E-state index contributed by atoms with van der Waals surface area (Å²) in [6.45, 7) is 10.4. The highest BCUT2D eigenvalue weighted by molar-refractivity contribution is 5.73. The normalized spacial score (nSPS) is 12.0. The van der Waals surface area contributed by atoms with Gasteiger partial charge in [0.1, 0.15) is 0 Å². The minimum Gasteiger partial charge on any atom is -0.393 e. The zero-order chi connectivity index (χ0) is 33.5. The average Bonchev–Trinajstić information content (AvgIpc) is 3.00. The van der Waals surface area contributed by atoms with Crippen LogP contribution >= 0.6 is 0 Å². The monoisotopic (exact) mass is 627 g/mol. The van der Waals surface area contributed by atoms with Gasteiger partial charge in [-0.1, -0.05) is 155 Å². The Bertz CT molecular complexity index is 525. The molecule has 0 fully saturated rings. The van der Waals surface area contributed by atoms with E-state index in [0.717, 1.165) is 64.2 Å². The number of carbonyl (C=O) groups excluding carboxylic acids is 2. The highest BCUT2D eigenvalue weighted by Gasteiger charge is 2.04. The van der Waals surface area contributed by atoms with Crippen LogP contribution in [0, 0.1) is 0 Å². The van der Waals surface area contributed by atoms with Crippen LogP contribution in [0.4, 0.5) is 0 Å². The fraction of sp³-hybridized carbons (Fsp3) is 0.895. The quantitative estimate of drug-likeness (QED) is 0.0437. The summed E-state index contributed by atoms with van der Waals surface area (Å²) in [5, 5.41) is 19.7. The molecule has 0 saturated heterocycles. The number of hydrogen-bond donors (Lipinski definition) is 4. The number of primary amides is 2. The Morgan fingerprint density at radius 3 is 0.864 bits per heavy atom. The number of hydrogen-bond acceptors (Lipinski definition) is 4. The van der Waals surface area contributed by atoms with E-state index < -0.39 is 0 Å². The lowest BCUT2D eigenvalue weighted by molar-refractivity contribution is -0.119. The Balaban J connectivity index is -0.000000723. The standard InChI is InChI=1S/2C18H37NO2.C2H4/c2*1-2-3-4-11-14-17(20)15-12-9-7-5-6-8-10-13-16-18(19)21;1-2/h2*17,20H,2-16H2,1H3,(H2,19,21);1-2H2. The fourth-order valence-electron chi connectivity index (χ4n) is 5.38. The molecule has 6 nitrogen and oxygen atoms in total. The Morgan fingerprint density at radius 1 is 0.432 bits per heavy atom. The first-order valence-electron chi connectivity index (χ1n) is 18.8. The summed E-state index contributed by atoms with van der Waals surface area (Å²) in [5.41, 5.74) is 10.2. The van der Waals surface area contributed by atoms with Crippen LogP contribution in [-0.4, -0.2) is 34.2 Å². The summed E-state index contributed by atoms with van der Waals surface area (Å²) >= 11 is 0. The molecule has 0 aliphatic rings. The van der Waals surface area contributed by atoms with Crippen molar-refractivity contribution in [1.29, 1.82) is 0 Å². The molecule has 0 aliphatic heterocycles. The second-order valence-corrected chi connectivity index (χ2v) is 12.7. The van der Waals surface area contributed by atoms with Crippen molar-refractivity contribution in [3.63, 3.8) is 0 Å². The van der Waals surface area contributed by atoms with Crippen molar-refractivity contribution in [3.8, 4) is 0 Å². The van der Waals surface area contributed by atoms with Gasteiger partial charge in [0.25, 0.3) is 0 Å². The van der Waals surface area contributed by atoms with E-state index in [1.165, 1.54) is 116 Å². The van der Waals surface area contributed by atoms with Gasteiger partial charge in [-0.3, -0.25) is 9.59 Å². The predicted octanol–water partition coefficient (Wildman–Crippen LogP) is 10.2. The topological polar surface area (TPSA) is 127 Å². The number of aliphatic hydroxyl groups excluding tert-OH is 2. The van der Waals surface area contributed by atoms with Crippen LogP contribution in [0.2, 0.25) is 0 Å². The SMILES string of the molecule is C=C.CCCCCCC(O)CCCCCCCCCCC(N)=O.CCCCCCC(O)CCCCCCCCCCC(N)=O. The Labute approximate surface area is 274 Å². The van der Waals surface area contributed by atoms with Crippen molar-refractivity contribution in [3.05, 3.63) is 13.2 Å². The predicted molar refractivity (Wildman–Crippen MR) is 192 cm³/mol. The third-order valence-corrected chi connectivity index (χ3v) is 8.20. The van der Waals surface area contributed by atoms with Crippen molar-refractivity contribution in [2.75, 3.05) is 0 Å². The van der Waals surface area contributed by atoms with Gasteiger partial charge in [-0.15, -0.1) is 13.2 Å². The van der Waals surface area contributed by atoms with Crippen LogP contribution in [0.15, 0.2) is 13.2 Å². The van der Waals surface area contributed by atoms with Crippen LogP contribution in [-0.2, 0) is 9.59 Å². The lowest BCUT2D eigenvalue weighted by atomic mass is 10.0. The molecule has 2 atom stereocenters. The molecule has 0 radical (unpaired) electrons. The number of rotatable bonds is 32. The van der Waals surface area contributed by atoms with Crippen LogP contribution < -0.4 is 11.5 Å². The number of aliphatic hydroxyl groups is 2. The van der Waals surface area contributed by atoms with Crippen molar-refractivity contribution in [1.82, 2.24) is 0 Å². The van der Waals surface area contributed by atoms with E-state index in [0.29, 0.717) is 12.8 Å². The summed E-state index contributed by atoms with van der Waals surface area (Å²) in [7, 11) is 0. The maximum atomic E-state index is 10.6. The minimum absolute atomic E-state index is 0.0735. The van der Waals surface area contributed by atoms with Crippen LogP contribution in [0.5, 0.6) is 0 Å². The van der Waals surface area contributed by atoms with Gasteiger partial charge in [0.15, 0.2) is 0 Å². The van der Waals surface area contributed by atoms with Crippen molar-refractivity contribution in [2.45, 2.75) is 219 Å². The van der Waals surface area contributed by atoms with E-state index in [1.54, 1.807) is 0 Å². The molecule has 0 heterocycles. The molecular formula is C38H78N2O4. The van der Waals surface area contributed by atoms with E-state index in [2.05, 4.69) is 27.0 Å². The Hall–Kier alpha value is -1.40. The van der Waals surface area contributed by atoms with Gasteiger partial charge < -0.3 is 21.7 Å². The first-order valence-corrected chi connectivity index (χ1v) is 18.8. The van der Waals surface area contributed by atoms with Gasteiger partial charge >= 0.3 is 0 Å². The van der Waals surface area contributed by atoms with Gasteiger partial charge in [-0.25, -0.2) is 0 Å². The lowest BCUT2D eigenvalue weighted by Gasteiger charge is -2.10. The molecule has 0 aromatic carbocycles. The van der Waals surface area contributed by atoms with Crippen LogP contribution in [0.1, 0.15) is 206 Å². The first kappa shape index (κ1) is 47.0. The summed E-state index contributed by atoms with van der Waals surface area (Å²) < 4.78 is 0. The second kappa shape index (κ2) is 41.6. The fourth-order valence-corrected chi connectivity index (χ4v) is 5.38. The molecule has 0 rings (SSSR count). The molecule has 0 aliphatic carbocycles. The molecule has 44 heavy (non-hydrogen) atoms. The molecule has 2 unspecified atom stereocenters. The van der Waals surface area contributed by atoms with Gasteiger partial charge in [-0.05, 0) is 38.5 Å². The zero-order valence-corrected chi connectivity index (χ0v) is 29.6. The molecule has 6 N–H and O–H groups in total. The third kappa shape index (κ3) is 47.5. The summed E-state index contributed by atoms with van der Waals surface area (Å²) in [4.78, 5) is 21.1. The lowest BCUT2D eigenvalue weighted by Crippen LogP contribution is -2.09. The molecule has 264 valence electrons. The van der Waals surface area contributed by atoms with Gasteiger partial charge in [0.2, 0.25) is 11.8 Å². The number of amides is 2. The molecule has 6 heteroatoms. The molecule has 0 aromatic rings. The van der Waals surface area contributed by atoms with Crippen molar-refractivity contribution in [2.24, 2.45) is 11.5 Å². The van der Waals surface area contributed by atoms with Crippen molar-refractivity contribution >= 4 is 11.8 Å². The zero-order valence-electron chi connectivity index (χ0n) is 29.6. The highest BCUT2D eigenvalue weighted by Crippen LogP contribution is 2.15. The third-order valence-electron chi connectivity index (χ3n) is 8.20. The van der Waals surface area contributed by atoms with Gasteiger partial charge in [0, 0.05) is 12.8 Å².